The van der Waals surface area contributed by atoms with Crippen LogP contribution in [0.15, 0.2) is 60.7 Å². The van der Waals surface area contributed by atoms with Crippen molar-refractivity contribution in [1.82, 2.24) is 0 Å². The first-order valence-electron chi connectivity index (χ1n) is 8.57. The number of Topliss-reactive ketones (excluding diaryl/α,β-unsaturated/α-hetero) is 2. The van der Waals surface area contributed by atoms with Gasteiger partial charge in [-0.25, -0.2) is 0 Å². The minimum absolute atomic E-state index is 0.127. The number of hydrogen-bond donors (Lipinski definition) is 0. The van der Waals surface area contributed by atoms with Gasteiger partial charge in [-0.15, -0.1) is 0 Å². The molecule has 0 aromatic heterocycles. The topological polar surface area (TPSA) is 34.1 Å². The fourth-order valence-corrected chi connectivity index (χ4v) is 4.08. The Hall–Kier alpha value is -2.22. The molecule has 0 heterocycles. The number of rotatable bonds is 4. The maximum absolute atomic E-state index is 13.2. The van der Waals surface area contributed by atoms with E-state index in [9.17, 15) is 9.59 Å². The van der Waals surface area contributed by atoms with Crippen molar-refractivity contribution < 1.29 is 9.59 Å². The van der Waals surface area contributed by atoms with Crippen LogP contribution in [0.1, 0.15) is 54.3 Å². The second-order valence-electron chi connectivity index (χ2n) is 7.57. The van der Waals surface area contributed by atoms with Crippen LogP contribution in [-0.2, 0) is 0 Å². The molecule has 1 aliphatic carbocycles. The minimum Gasteiger partial charge on any atom is -0.294 e. The fraction of sp³-hybridized carbons (Fsp3) is 0.364. The molecule has 1 aliphatic rings. The lowest BCUT2D eigenvalue weighted by molar-refractivity contribution is 0.0493. The minimum atomic E-state index is -0.524. The molecule has 24 heavy (non-hydrogen) atoms. The molecule has 0 N–H and O–H groups in total. The summed E-state index contributed by atoms with van der Waals surface area (Å²) in [7, 11) is 0. The van der Waals surface area contributed by atoms with Crippen LogP contribution < -0.4 is 0 Å². The zero-order valence-electron chi connectivity index (χ0n) is 14.6. The second kappa shape index (κ2) is 6.01. The monoisotopic (exact) mass is 320 g/mol. The van der Waals surface area contributed by atoms with Crippen molar-refractivity contribution >= 4 is 11.6 Å². The van der Waals surface area contributed by atoms with E-state index < -0.39 is 5.41 Å². The van der Waals surface area contributed by atoms with Gasteiger partial charge in [-0.2, -0.15) is 0 Å². The maximum atomic E-state index is 13.2. The third kappa shape index (κ3) is 2.50. The maximum Gasteiger partial charge on any atom is 0.169 e. The first kappa shape index (κ1) is 16.6. The number of carbonyl (C=O) groups is 2. The molecule has 0 unspecified atom stereocenters. The van der Waals surface area contributed by atoms with E-state index in [-0.39, 0.29) is 22.9 Å². The second-order valence-corrected chi connectivity index (χ2v) is 7.57. The molecule has 1 fully saturated rings. The van der Waals surface area contributed by atoms with Gasteiger partial charge in [-0.1, -0.05) is 81.4 Å². The van der Waals surface area contributed by atoms with Crippen molar-refractivity contribution in [2.45, 2.75) is 33.6 Å². The Morgan fingerprint density at radius 1 is 0.833 bits per heavy atom. The molecular weight excluding hydrogens is 296 g/mol. The van der Waals surface area contributed by atoms with Crippen LogP contribution in [0.25, 0.3) is 0 Å². The number of hydrogen-bond acceptors (Lipinski definition) is 2. The Balaban J connectivity index is 1.93. The van der Waals surface area contributed by atoms with E-state index in [0.29, 0.717) is 0 Å². The molecule has 0 bridgehead atoms. The van der Waals surface area contributed by atoms with E-state index in [1.807, 2.05) is 67.6 Å². The van der Waals surface area contributed by atoms with Gasteiger partial charge in [0.1, 0.15) is 0 Å². The van der Waals surface area contributed by atoms with Gasteiger partial charge in [0.25, 0.3) is 0 Å². The summed E-state index contributed by atoms with van der Waals surface area (Å²) in [6.45, 7) is 6.18. The standard InChI is InChI=1S/C22H24O2/c1-21(2)18(19(23)16-10-6-4-7-11-16)14-15-22(21,3)20(24)17-12-8-5-9-13-17/h4-13,18H,14-15H2,1-3H3/t18-,22+/m0/s1. The quantitative estimate of drug-likeness (QED) is 0.726. The molecule has 2 nitrogen and oxygen atoms in total. The van der Waals surface area contributed by atoms with Crippen molar-refractivity contribution in [1.29, 1.82) is 0 Å². The van der Waals surface area contributed by atoms with Crippen LogP contribution in [-0.4, -0.2) is 11.6 Å². The molecule has 0 aliphatic heterocycles. The van der Waals surface area contributed by atoms with Crippen LogP contribution >= 0.6 is 0 Å². The largest absolute Gasteiger partial charge is 0.294 e. The zero-order valence-corrected chi connectivity index (χ0v) is 14.6. The van der Waals surface area contributed by atoms with Gasteiger partial charge in [-0.3, -0.25) is 9.59 Å². The summed E-state index contributed by atoms with van der Waals surface area (Å²) in [5.41, 5.74) is 0.573. The third-order valence-corrected chi connectivity index (χ3v) is 6.14. The highest BCUT2D eigenvalue weighted by atomic mass is 16.1. The first-order chi connectivity index (χ1) is 11.4. The molecule has 2 heteroatoms. The summed E-state index contributed by atoms with van der Waals surface area (Å²) in [5.74, 6) is 0.180. The van der Waals surface area contributed by atoms with E-state index in [1.165, 1.54) is 0 Å². The molecule has 0 amide bonds. The molecule has 0 saturated heterocycles. The average molecular weight is 320 g/mol. The van der Waals surface area contributed by atoms with E-state index in [2.05, 4.69) is 13.8 Å². The van der Waals surface area contributed by atoms with Gasteiger partial charge in [0.15, 0.2) is 11.6 Å². The van der Waals surface area contributed by atoms with E-state index in [1.54, 1.807) is 0 Å². The molecular formula is C22H24O2. The van der Waals surface area contributed by atoms with Crippen LogP contribution in [0.5, 0.6) is 0 Å². The predicted octanol–water partition coefficient (Wildman–Crippen LogP) is 5.19. The number of carbonyl (C=O) groups excluding carboxylic acids is 2. The molecule has 3 rings (SSSR count). The highest BCUT2D eigenvalue weighted by molar-refractivity contribution is 6.03. The lowest BCUT2D eigenvalue weighted by Gasteiger charge is -2.40. The highest BCUT2D eigenvalue weighted by Gasteiger charge is 2.57. The number of benzene rings is 2. The third-order valence-electron chi connectivity index (χ3n) is 6.14. The first-order valence-corrected chi connectivity index (χ1v) is 8.57. The van der Waals surface area contributed by atoms with Gasteiger partial charge >= 0.3 is 0 Å². The lowest BCUT2D eigenvalue weighted by Crippen LogP contribution is -2.42. The SMILES string of the molecule is CC1(C)[C@H](C(=O)c2ccccc2)CC[C@]1(C)C(=O)c1ccccc1. The lowest BCUT2D eigenvalue weighted by atomic mass is 9.61. The van der Waals surface area contributed by atoms with Crippen molar-refractivity contribution in [2.75, 3.05) is 0 Å². The highest BCUT2D eigenvalue weighted by Crippen LogP contribution is 2.58. The van der Waals surface area contributed by atoms with Crippen molar-refractivity contribution in [3.05, 3.63) is 71.8 Å². The van der Waals surface area contributed by atoms with E-state index >= 15 is 0 Å². The fourth-order valence-electron chi connectivity index (χ4n) is 4.08. The molecule has 1 saturated carbocycles. The Labute approximate surface area is 143 Å². The van der Waals surface area contributed by atoms with Gasteiger partial charge in [0.2, 0.25) is 0 Å². The number of ketones is 2. The predicted molar refractivity (Wildman–Crippen MR) is 96.2 cm³/mol. The van der Waals surface area contributed by atoms with Crippen LogP contribution in [0.3, 0.4) is 0 Å². The van der Waals surface area contributed by atoms with Crippen molar-refractivity contribution in [3.63, 3.8) is 0 Å². The molecule has 0 radical (unpaired) electrons. The van der Waals surface area contributed by atoms with Crippen molar-refractivity contribution in [3.8, 4) is 0 Å². The molecule has 2 atom stereocenters. The van der Waals surface area contributed by atoms with E-state index in [0.717, 1.165) is 24.0 Å². The van der Waals surface area contributed by atoms with Crippen molar-refractivity contribution in [2.24, 2.45) is 16.7 Å². The summed E-state index contributed by atoms with van der Waals surface area (Å²) in [6.07, 6.45) is 1.51. The van der Waals surface area contributed by atoms with Crippen LogP contribution in [0, 0.1) is 16.7 Å². The van der Waals surface area contributed by atoms with Gasteiger partial charge in [-0.05, 0) is 18.3 Å². The summed E-state index contributed by atoms with van der Waals surface area (Å²) < 4.78 is 0. The summed E-state index contributed by atoms with van der Waals surface area (Å²) in [4.78, 5) is 26.2. The Morgan fingerprint density at radius 2 is 1.33 bits per heavy atom. The molecule has 124 valence electrons. The molecule has 2 aromatic carbocycles. The van der Waals surface area contributed by atoms with Gasteiger partial charge in [0, 0.05) is 22.5 Å². The Kier molecular flexibility index (Phi) is 4.16. The Bertz CT molecular complexity index is 746. The zero-order chi connectivity index (χ0) is 17.4. The van der Waals surface area contributed by atoms with Gasteiger partial charge < -0.3 is 0 Å². The summed E-state index contributed by atoms with van der Waals surface area (Å²) >= 11 is 0. The molecule has 2 aromatic rings. The molecule has 0 spiro atoms. The average Bonchev–Trinajstić information content (AvgIpc) is 2.86. The summed E-state index contributed by atoms with van der Waals surface area (Å²) in [5, 5.41) is 0. The normalized spacial score (nSPS) is 25.4. The summed E-state index contributed by atoms with van der Waals surface area (Å²) in [6, 6.07) is 18.9. The Morgan fingerprint density at radius 3 is 1.88 bits per heavy atom. The van der Waals surface area contributed by atoms with Crippen LogP contribution in [0.4, 0.5) is 0 Å². The van der Waals surface area contributed by atoms with Crippen LogP contribution in [0.2, 0.25) is 0 Å². The van der Waals surface area contributed by atoms with Gasteiger partial charge in [0.05, 0.1) is 0 Å². The smallest absolute Gasteiger partial charge is 0.169 e. The van der Waals surface area contributed by atoms with E-state index in [4.69, 9.17) is 0 Å².